The number of hydrogen-bond donors (Lipinski definition) is 0. The maximum atomic E-state index is 12.9. The second-order valence-electron chi connectivity index (χ2n) is 6.13. The van der Waals surface area contributed by atoms with Crippen LogP contribution in [0.15, 0.2) is 30.9 Å². The second-order valence-corrected chi connectivity index (χ2v) is 6.13. The van der Waals surface area contributed by atoms with Crippen molar-refractivity contribution in [1.82, 2.24) is 4.90 Å². The summed E-state index contributed by atoms with van der Waals surface area (Å²) in [6, 6.07) is 6.23. The largest absolute Gasteiger partial charge is 0.339 e. The van der Waals surface area contributed by atoms with Crippen molar-refractivity contribution in [2.75, 3.05) is 24.5 Å². The van der Waals surface area contributed by atoms with Crippen LogP contribution in [0.1, 0.15) is 24.0 Å². The number of aryl methyl sites for hydroxylation is 1. The number of hydrogen-bond acceptors (Lipinski definition) is 2. The first kappa shape index (κ1) is 14.8. The highest BCUT2D eigenvalue weighted by Crippen LogP contribution is 2.33. The van der Waals surface area contributed by atoms with Gasteiger partial charge in [0, 0.05) is 31.2 Å². The fourth-order valence-corrected chi connectivity index (χ4v) is 3.57. The number of carbonyl (C=O) groups excluding carboxylic acids is 2. The number of nitrogens with zero attached hydrogens (tertiary/aromatic N) is 2. The van der Waals surface area contributed by atoms with E-state index in [1.54, 1.807) is 4.90 Å². The average molecular weight is 298 g/mol. The second kappa shape index (κ2) is 5.95. The van der Waals surface area contributed by atoms with E-state index in [1.165, 1.54) is 17.2 Å². The molecule has 0 saturated carbocycles. The van der Waals surface area contributed by atoms with Crippen molar-refractivity contribution in [2.45, 2.75) is 26.2 Å². The van der Waals surface area contributed by atoms with Crippen LogP contribution in [0.5, 0.6) is 0 Å². The highest BCUT2D eigenvalue weighted by molar-refractivity contribution is 5.98. The van der Waals surface area contributed by atoms with Gasteiger partial charge in [-0.1, -0.05) is 24.8 Å². The summed E-state index contributed by atoms with van der Waals surface area (Å²) < 4.78 is 0. The maximum Gasteiger partial charge on any atom is 0.245 e. The lowest BCUT2D eigenvalue weighted by atomic mass is 9.95. The molecule has 4 nitrogen and oxygen atoms in total. The van der Waals surface area contributed by atoms with Gasteiger partial charge in [-0.3, -0.25) is 9.59 Å². The number of para-hydroxylation sites is 1. The Kier molecular flexibility index (Phi) is 4.01. The molecule has 1 saturated heterocycles. The van der Waals surface area contributed by atoms with E-state index in [1.807, 2.05) is 4.90 Å². The zero-order valence-electron chi connectivity index (χ0n) is 13.0. The van der Waals surface area contributed by atoms with Crippen LogP contribution in [0.2, 0.25) is 0 Å². The number of rotatable bonds is 2. The van der Waals surface area contributed by atoms with Crippen LogP contribution < -0.4 is 4.90 Å². The number of likely N-dealkylation sites (tertiary alicyclic amines) is 1. The van der Waals surface area contributed by atoms with Crippen LogP contribution in [-0.2, 0) is 16.0 Å². The van der Waals surface area contributed by atoms with Gasteiger partial charge in [-0.2, -0.15) is 0 Å². The van der Waals surface area contributed by atoms with Crippen LogP contribution in [0.25, 0.3) is 0 Å². The van der Waals surface area contributed by atoms with Gasteiger partial charge in [0.25, 0.3) is 0 Å². The normalized spacial score (nSPS) is 18.2. The fourth-order valence-electron chi connectivity index (χ4n) is 3.57. The summed E-state index contributed by atoms with van der Waals surface area (Å²) in [5, 5.41) is 0. The molecule has 0 N–H and O–H groups in total. The summed E-state index contributed by atoms with van der Waals surface area (Å²) in [5.41, 5.74) is 3.55. The molecule has 116 valence electrons. The van der Waals surface area contributed by atoms with Crippen LogP contribution in [0.3, 0.4) is 0 Å². The van der Waals surface area contributed by atoms with Crippen LogP contribution in [-0.4, -0.2) is 36.3 Å². The molecule has 0 spiro atoms. The van der Waals surface area contributed by atoms with Crippen molar-refractivity contribution >= 4 is 17.5 Å². The fraction of sp³-hybridized carbons (Fsp3) is 0.444. The van der Waals surface area contributed by atoms with E-state index in [0.717, 1.165) is 31.5 Å². The number of fused-ring (bicyclic) bond motifs is 1. The lowest BCUT2D eigenvalue weighted by Crippen LogP contribution is -2.43. The number of piperidine rings is 1. The van der Waals surface area contributed by atoms with Crippen molar-refractivity contribution in [3.05, 3.63) is 42.0 Å². The Morgan fingerprint density at radius 3 is 2.64 bits per heavy atom. The molecule has 0 radical (unpaired) electrons. The predicted octanol–water partition coefficient (Wildman–Crippen LogP) is 2.31. The van der Waals surface area contributed by atoms with Gasteiger partial charge in [0.1, 0.15) is 0 Å². The lowest BCUT2D eigenvalue weighted by Gasteiger charge is -2.33. The van der Waals surface area contributed by atoms with Crippen molar-refractivity contribution in [3.63, 3.8) is 0 Å². The van der Waals surface area contributed by atoms with Gasteiger partial charge in [-0.05, 0) is 43.4 Å². The highest BCUT2D eigenvalue weighted by Gasteiger charge is 2.33. The summed E-state index contributed by atoms with van der Waals surface area (Å²) >= 11 is 0. The molecule has 22 heavy (non-hydrogen) atoms. The molecule has 0 atom stereocenters. The van der Waals surface area contributed by atoms with Gasteiger partial charge in [-0.15, -0.1) is 0 Å². The standard InChI is InChI=1S/C18H22N2O2/c1-3-16(21)19-10-7-15(8-11-19)18(22)20-12-9-14-6-4-5-13(2)17(14)20/h3-6,15H,1,7-12H2,2H3. The summed E-state index contributed by atoms with van der Waals surface area (Å²) in [6.45, 7) is 7.67. The van der Waals surface area contributed by atoms with Gasteiger partial charge in [0.15, 0.2) is 0 Å². The monoisotopic (exact) mass is 298 g/mol. The molecule has 2 aliphatic rings. The molecule has 3 rings (SSSR count). The van der Waals surface area contributed by atoms with Crippen molar-refractivity contribution in [1.29, 1.82) is 0 Å². The Labute approximate surface area is 131 Å². The summed E-state index contributed by atoms with van der Waals surface area (Å²) in [4.78, 5) is 28.2. The third-order valence-corrected chi connectivity index (χ3v) is 4.79. The molecule has 4 heteroatoms. The molecule has 0 aromatic heterocycles. The van der Waals surface area contributed by atoms with E-state index in [2.05, 4.69) is 31.7 Å². The molecular weight excluding hydrogens is 276 g/mol. The van der Waals surface area contributed by atoms with Crippen LogP contribution in [0, 0.1) is 12.8 Å². The van der Waals surface area contributed by atoms with Gasteiger partial charge in [0.2, 0.25) is 11.8 Å². The van der Waals surface area contributed by atoms with Crippen LogP contribution >= 0.6 is 0 Å². The molecule has 1 fully saturated rings. The van der Waals surface area contributed by atoms with Crippen molar-refractivity contribution < 1.29 is 9.59 Å². The summed E-state index contributed by atoms with van der Waals surface area (Å²) in [6.07, 6.45) is 3.78. The minimum Gasteiger partial charge on any atom is -0.339 e. The Balaban J connectivity index is 1.70. The first-order valence-corrected chi connectivity index (χ1v) is 7.93. The minimum absolute atomic E-state index is 0.0272. The Morgan fingerprint density at radius 1 is 1.23 bits per heavy atom. The topological polar surface area (TPSA) is 40.6 Å². The molecule has 0 unspecified atom stereocenters. The molecule has 0 bridgehead atoms. The quantitative estimate of drug-likeness (QED) is 0.786. The Bertz CT molecular complexity index is 616. The predicted molar refractivity (Wildman–Crippen MR) is 86.7 cm³/mol. The maximum absolute atomic E-state index is 12.9. The van der Waals surface area contributed by atoms with Gasteiger partial charge >= 0.3 is 0 Å². The van der Waals surface area contributed by atoms with E-state index in [4.69, 9.17) is 0 Å². The Hall–Kier alpha value is -2.10. The molecule has 1 aromatic carbocycles. The van der Waals surface area contributed by atoms with Crippen molar-refractivity contribution in [2.24, 2.45) is 5.92 Å². The number of benzene rings is 1. The van der Waals surface area contributed by atoms with E-state index >= 15 is 0 Å². The van der Waals surface area contributed by atoms with Gasteiger partial charge < -0.3 is 9.80 Å². The van der Waals surface area contributed by atoms with E-state index in [-0.39, 0.29) is 17.7 Å². The van der Waals surface area contributed by atoms with E-state index in [0.29, 0.717) is 13.1 Å². The zero-order valence-corrected chi connectivity index (χ0v) is 13.0. The Morgan fingerprint density at radius 2 is 1.95 bits per heavy atom. The summed E-state index contributed by atoms with van der Waals surface area (Å²) in [5.74, 6) is 0.214. The molecular formula is C18H22N2O2. The van der Waals surface area contributed by atoms with Crippen molar-refractivity contribution in [3.8, 4) is 0 Å². The molecule has 2 amide bonds. The van der Waals surface area contributed by atoms with E-state index < -0.39 is 0 Å². The highest BCUT2D eigenvalue weighted by atomic mass is 16.2. The number of anilines is 1. The minimum atomic E-state index is -0.0340. The van der Waals surface area contributed by atoms with Gasteiger partial charge in [0.05, 0.1) is 0 Å². The zero-order chi connectivity index (χ0) is 15.7. The summed E-state index contributed by atoms with van der Waals surface area (Å²) in [7, 11) is 0. The third-order valence-electron chi connectivity index (χ3n) is 4.79. The van der Waals surface area contributed by atoms with Gasteiger partial charge in [-0.25, -0.2) is 0 Å². The molecule has 1 aromatic rings. The third kappa shape index (κ3) is 2.54. The first-order chi connectivity index (χ1) is 10.6. The molecule has 0 aliphatic carbocycles. The van der Waals surface area contributed by atoms with E-state index in [9.17, 15) is 9.59 Å². The molecule has 2 aliphatic heterocycles. The number of carbonyl (C=O) groups is 2. The molecule has 2 heterocycles. The average Bonchev–Trinajstić information content (AvgIpc) is 2.99. The SMILES string of the molecule is C=CC(=O)N1CCC(C(=O)N2CCc3cccc(C)c32)CC1. The smallest absolute Gasteiger partial charge is 0.245 e. The van der Waals surface area contributed by atoms with Crippen LogP contribution in [0.4, 0.5) is 5.69 Å². The first-order valence-electron chi connectivity index (χ1n) is 7.93. The number of amides is 2. The lowest BCUT2D eigenvalue weighted by molar-refractivity contribution is -0.130.